The van der Waals surface area contributed by atoms with Gasteiger partial charge in [-0.1, -0.05) is 26.0 Å². The Bertz CT molecular complexity index is 397. The number of aromatic hydroxyl groups is 1. The second-order valence-electron chi connectivity index (χ2n) is 4.69. The maximum atomic E-state index is 12.2. The van der Waals surface area contributed by atoms with Gasteiger partial charge in [-0.15, -0.1) is 0 Å². The second-order valence-corrected chi connectivity index (χ2v) is 4.69. The molecule has 0 spiro atoms. The summed E-state index contributed by atoms with van der Waals surface area (Å²) in [4.78, 5) is 13.9. The van der Waals surface area contributed by atoms with Crippen molar-refractivity contribution in [2.45, 2.75) is 38.8 Å². The Kier molecular flexibility index (Phi) is 4.73. The van der Waals surface area contributed by atoms with Gasteiger partial charge in [0.1, 0.15) is 5.75 Å². The standard InChI is InChI=1S/C14H22N2O2/c1-4-14(15,5-2)13(18)16(3)10-11-6-8-12(17)9-7-11/h6-9,17H,4-5,10,15H2,1-3H3. The molecule has 100 valence electrons. The fourth-order valence-corrected chi connectivity index (χ4v) is 1.88. The monoisotopic (exact) mass is 250 g/mol. The third-order valence-electron chi connectivity index (χ3n) is 3.39. The van der Waals surface area contributed by atoms with E-state index in [4.69, 9.17) is 5.73 Å². The Balaban J connectivity index is 2.73. The number of amides is 1. The lowest BCUT2D eigenvalue weighted by Crippen LogP contribution is -2.53. The topological polar surface area (TPSA) is 66.6 Å². The summed E-state index contributed by atoms with van der Waals surface area (Å²) < 4.78 is 0. The van der Waals surface area contributed by atoms with Gasteiger partial charge in [0.2, 0.25) is 5.91 Å². The van der Waals surface area contributed by atoms with E-state index in [1.165, 1.54) is 0 Å². The molecule has 4 heteroatoms. The number of hydrogen-bond donors (Lipinski definition) is 2. The van der Waals surface area contributed by atoms with Crippen molar-refractivity contribution in [2.24, 2.45) is 5.73 Å². The zero-order valence-corrected chi connectivity index (χ0v) is 11.3. The third kappa shape index (κ3) is 3.23. The highest BCUT2D eigenvalue weighted by Crippen LogP contribution is 2.17. The Morgan fingerprint density at radius 2 is 1.78 bits per heavy atom. The molecule has 0 aliphatic rings. The quantitative estimate of drug-likeness (QED) is 0.838. The van der Waals surface area contributed by atoms with Gasteiger partial charge in [0.15, 0.2) is 0 Å². The number of carbonyl (C=O) groups is 1. The molecule has 18 heavy (non-hydrogen) atoms. The number of rotatable bonds is 5. The van der Waals surface area contributed by atoms with Crippen LogP contribution in [0.3, 0.4) is 0 Å². The number of phenols is 1. The van der Waals surface area contributed by atoms with Gasteiger partial charge >= 0.3 is 0 Å². The van der Waals surface area contributed by atoms with Crippen LogP contribution in [0.25, 0.3) is 0 Å². The number of nitrogens with two attached hydrogens (primary N) is 1. The number of benzene rings is 1. The summed E-state index contributed by atoms with van der Waals surface area (Å²) in [5.41, 5.74) is 6.29. The van der Waals surface area contributed by atoms with Crippen molar-refractivity contribution in [3.05, 3.63) is 29.8 Å². The van der Waals surface area contributed by atoms with Crippen LogP contribution >= 0.6 is 0 Å². The highest BCUT2D eigenvalue weighted by Gasteiger charge is 2.32. The molecular weight excluding hydrogens is 228 g/mol. The Labute approximate surface area is 108 Å². The predicted molar refractivity (Wildman–Crippen MR) is 72.1 cm³/mol. The summed E-state index contributed by atoms with van der Waals surface area (Å²) in [6.07, 6.45) is 1.25. The van der Waals surface area contributed by atoms with Crippen molar-refractivity contribution in [3.63, 3.8) is 0 Å². The minimum atomic E-state index is -0.772. The summed E-state index contributed by atoms with van der Waals surface area (Å²) in [6.45, 7) is 4.35. The minimum absolute atomic E-state index is 0.0411. The molecule has 0 aliphatic heterocycles. The maximum absolute atomic E-state index is 12.2. The van der Waals surface area contributed by atoms with Crippen molar-refractivity contribution in [1.29, 1.82) is 0 Å². The smallest absolute Gasteiger partial charge is 0.242 e. The van der Waals surface area contributed by atoms with Crippen molar-refractivity contribution < 1.29 is 9.90 Å². The van der Waals surface area contributed by atoms with Crippen molar-refractivity contribution in [1.82, 2.24) is 4.90 Å². The van der Waals surface area contributed by atoms with Crippen molar-refractivity contribution >= 4 is 5.91 Å². The highest BCUT2D eigenvalue weighted by atomic mass is 16.3. The second kappa shape index (κ2) is 5.87. The first-order chi connectivity index (χ1) is 8.42. The van der Waals surface area contributed by atoms with Crippen LogP contribution < -0.4 is 5.73 Å². The molecule has 4 nitrogen and oxygen atoms in total. The van der Waals surface area contributed by atoms with Crippen molar-refractivity contribution in [2.75, 3.05) is 7.05 Å². The number of hydrogen-bond acceptors (Lipinski definition) is 3. The van der Waals surface area contributed by atoms with Gasteiger partial charge in [-0.3, -0.25) is 4.79 Å². The first-order valence-electron chi connectivity index (χ1n) is 6.25. The van der Waals surface area contributed by atoms with E-state index in [0.717, 1.165) is 5.56 Å². The van der Waals surface area contributed by atoms with Crippen LogP contribution in [0.2, 0.25) is 0 Å². The molecule has 1 rings (SSSR count). The Morgan fingerprint density at radius 1 is 1.28 bits per heavy atom. The lowest BCUT2D eigenvalue weighted by atomic mass is 9.92. The molecule has 0 saturated carbocycles. The average Bonchev–Trinajstić information content (AvgIpc) is 2.39. The molecule has 0 atom stereocenters. The largest absolute Gasteiger partial charge is 0.508 e. The Morgan fingerprint density at radius 3 is 2.22 bits per heavy atom. The fraction of sp³-hybridized carbons (Fsp3) is 0.500. The van der Waals surface area contributed by atoms with E-state index >= 15 is 0 Å². The van der Waals surface area contributed by atoms with Crippen LogP contribution in [-0.2, 0) is 11.3 Å². The van der Waals surface area contributed by atoms with E-state index < -0.39 is 5.54 Å². The highest BCUT2D eigenvalue weighted by molar-refractivity contribution is 5.85. The number of likely N-dealkylation sites (N-methyl/N-ethyl adjacent to an activating group) is 1. The van der Waals surface area contributed by atoms with E-state index in [9.17, 15) is 9.90 Å². The molecule has 1 aromatic carbocycles. The van der Waals surface area contributed by atoms with E-state index in [1.54, 1.807) is 36.2 Å². The van der Waals surface area contributed by atoms with Gasteiger partial charge in [-0.25, -0.2) is 0 Å². The molecule has 0 saturated heterocycles. The van der Waals surface area contributed by atoms with Gasteiger partial charge < -0.3 is 15.7 Å². The van der Waals surface area contributed by atoms with Crippen LogP contribution in [0.1, 0.15) is 32.3 Å². The van der Waals surface area contributed by atoms with Crippen molar-refractivity contribution in [3.8, 4) is 5.75 Å². The van der Waals surface area contributed by atoms with E-state index in [-0.39, 0.29) is 11.7 Å². The van der Waals surface area contributed by atoms with Gasteiger partial charge in [-0.05, 0) is 30.5 Å². The van der Waals surface area contributed by atoms with Crippen LogP contribution in [0.5, 0.6) is 5.75 Å². The molecule has 3 N–H and O–H groups in total. The third-order valence-corrected chi connectivity index (χ3v) is 3.39. The zero-order chi connectivity index (χ0) is 13.8. The molecule has 0 heterocycles. The van der Waals surface area contributed by atoms with Gasteiger partial charge in [0, 0.05) is 13.6 Å². The van der Waals surface area contributed by atoms with Gasteiger partial charge in [0.25, 0.3) is 0 Å². The summed E-state index contributed by atoms with van der Waals surface area (Å²) in [5, 5.41) is 9.20. The van der Waals surface area contributed by atoms with Gasteiger partial charge in [0.05, 0.1) is 5.54 Å². The SMILES string of the molecule is CCC(N)(CC)C(=O)N(C)Cc1ccc(O)cc1. The van der Waals surface area contributed by atoms with Crippen LogP contribution in [0.15, 0.2) is 24.3 Å². The summed E-state index contributed by atoms with van der Waals surface area (Å²) in [6, 6.07) is 6.83. The normalized spacial score (nSPS) is 11.3. The minimum Gasteiger partial charge on any atom is -0.508 e. The van der Waals surface area contributed by atoms with Crippen LogP contribution in [0.4, 0.5) is 0 Å². The summed E-state index contributed by atoms with van der Waals surface area (Å²) >= 11 is 0. The first kappa shape index (κ1) is 14.5. The molecule has 0 aromatic heterocycles. The lowest BCUT2D eigenvalue weighted by Gasteiger charge is -2.30. The first-order valence-corrected chi connectivity index (χ1v) is 6.25. The van der Waals surface area contributed by atoms with Crippen LogP contribution in [0, 0.1) is 0 Å². The predicted octanol–water partition coefficient (Wildman–Crippen LogP) is 1.87. The van der Waals surface area contributed by atoms with Gasteiger partial charge in [-0.2, -0.15) is 0 Å². The Hall–Kier alpha value is -1.55. The molecule has 1 aromatic rings. The van der Waals surface area contributed by atoms with E-state index in [1.807, 2.05) is 13.8 Å². The van der Waals surface area contributed by atoms with E-state index in [2.05, 4.69) is 0 Å². The maximum Gasteiger partial charge on any atom is 0.242 e. The van der Waals surface area contributed by atoms with E-state index in [0.29, 0.717) is 19.4 Å². The number of phenolic OH excluding ortho intramolecular Hbond substituents is 1. The molecule has 0 unspecified atom stereocenters. The molecule has 1 amide bonds. The molecular formula is C14H22N2O2. The number of nitrogens with zero attached hydrogens (tertiary/aromatic N) is 1. The zero-order valence-electron chi connectivity index (χ0n) is 11.3. The molecule has 0 bridgehead atoms. The fourth-order valence-electron chi connectivity index (χ4n) is 1.88. The average molecular weight is 250 g/mol. The number of carbonyl (C=O) groups excluding carboxylic acids is 1. The molecule has 0 fully saturated rings. The summed E-state index contributed by atoms with van der Waals surface area (Å²) in [5.74, 6) is 0.184. The summed E-state index contributed by atoms with van der Waals surface area (Å²) in [7, 11) is 1.75. The molecule has 0 aliphatic carbocycles. The lowest BCUT2D eigenvalue weighted by molar-refractivity contribution is -0.136. The molecule has 0 radical (unpaired) electrons. The van der Waals surface area contributed by atoms with Crippen LogP contribution in [-0.4, -0.2) is 28.5 Å².